The monoisotopic (exact) mass is 411 g/mol. The summed E-state index contributed by atoms with van der Waals surface area (Å²) in [6.07, 6.45) is 2.21. The molecular weight excluding hydrogens is 393 g/mol. The Morgan fingerprint density at radius 1 is 1.07 bits per heavy atom. The molecule has 1 atom stereocenters. The van der Waals surface area contributed by atoms with Gasteiger partial charge in [-0.05, 0) is 23.8 Å². The van der Waals surface area contributed by atoms with Crippen LogP contribution in [-0.4, -0.2) is 39.5 Å². The van der Waals surface area contributed by atoms with E-state index in [2.05, 4.69) is 9.82 Å². The maximum Gasteiger partial charge on any atom is 0.247 e. The van der Waals surface area contributed by atoms with Crippen LogP contribution in [0.4, 0.5) is 10.1 Å². The van der Waals surface area contributed by atoms with E-state index < -0.39 is 31.9 Å². The second-order valence-electron chi connectivity index (χ2n) is 6.28. The molecule has 3 rings (SSSR count). The van der Waals surface area contributed by atoms with Gasteiger partial charge in [0.2, 0.25) is 20.0 Å². The molecule has 1 heterocycles. The summed E-state index contributed by atoms with van der Waals surface area (Å²) < 4.78 is 64.7. The van der Waals surface area contributed by atoms with E-state index in [4.69, 9.17) is 0 Å². The number of rotatable bonds is 5. The molecule has 0 aliphatic carbocycles. The third-order valence-corrected chi connectivity index (χ3v) is 5.60. The number of nitrogens with one attached hydrogen (secondary N) is 1. The second-order valence-corrected chi connectivity index (χ2v) is 9.87. The average molecular weight is 411 g/mol. The van der Waals surface area contributed by atoms with Crippen molar-refractivity contribution in [1.29, 1.82) is 0 Å². The van der Waals surface area contributed by atoms with Crippen LogP contribution in [0, 0.1) is 5.82 Å². The molecule has 1 N–H and O–H groups in total. The van der Waals surface area contributed by atoms with Crippen molar-refractivity contribution in [2.75, 3.05) is 17.2 Å². The Hall–Kier alpha value is -2.46. The minimum Gasteiger partial charge on any atom is -0.284 e. The van der Waals surface area contributed by atoms with Gasteiger partial charge in [-0.25, -0.2) is 21.2 Å². The molecule has 0 unspecified atom stereocenters. The molecule has 7 nitrogen and oxygen atoms in total. The highest BCUT2D eigenvalue weighted by atomic mass is 32.2. The number of anilines is 1. The van der Waals surface area contributed by atoms with Crippen LogP contribution in [0.25, 0.3) is 0 Å². The van der Waals surface area contributed by atoms with Gasteiger partial charge < -0.3 is 0 Å². The van der Waals surface area contributed by atoms with Crippen molar-refractivity contribution < 1.29 is 21.2 Å². The fourth-order valence-corrected chi connectivity index (χ4v) is 4.37. The lowest BCUT2D eigenvalue weighted by molar-refractivity contribution is 0.365. The van der Waals surface area contributed by atoms with Gasteiger partial charge in [0.1, 0.15) is 5.82 Å². The largest absolute Gasteiger partial charge is 0.284 e. The van der Waals surface area contributed by atoms with Gasteiger partial charge in [-0.1, -0.05) is 30.3 Å². The van der Waals surface area contributed by atoms with Crippen LogP contribution in [0.2, 0.25) is 0 Å². The lowest BCUT2D eigenvalue weighted by Gasteiger charge is -2.21. The second kappa shape index (κ2) is 6.93. The fourth-order valence-electron chi connectivity index (χ4n) is 2.92. The summed E-state index contributed by atoms with van der Waals surface area (Å²) in [5, 5.41) is 4.18. The van der Waals surface area contributed by atoms with Crippen LogP contribution < -0.4 is 4.72 Å². The topological polar surface area (TPSA) is 95.9 Å². The minimum absolute atomic E-state index is 0.163. The molecule has 1 aliphatic rings. The maximum atomic E-state index is 14.2. The molecule has 2 aromatic carbocycles. The molecule has 0 bridgehead atoms. The number of benzene rings is 2. The zero-order chi connectivity index (χ0) is 19.8. The number of hydrogen-bond donors (Lipinski definition) is 1. The zero-order valence-corrected chi connectivity index (χ0v) is 16.3. The Morgan fingerprint density at radius 2 is 1.78 bits per heavy atom. The van der Waals surface area contributed by atoms with Crippen LogP contribution in [0.3, 0.4) is 0 Å². The van der Waals surface area contributed by atoms with Gasteiger partial charge in [0, 0.05) is 17.7 Å². The van der Waals surface area contributed by atoms with Gasteiger partial charge in [-0.15, -0.1) is 0 Å². The summed E-state index contributed by atoms with van der Waals surface area (Å²) in [5.41, 5.74) is 1.53. The predicted molar refractivity (Wildman–Crippen MR) is 102 cm³/mol. The van der Waals surface area contributed by atoms with Crippen molar-refractivity contribution in [1.82, 2.24) is 4.41 Å². The van der Waals surface area contributed by atoms with E-state index in [1.165, 1.54) is 18.2 Å². The normalized spacial score (nSPS) is 17.7. The van der Waals surface area contributed by atoms with Gasteiger partial charge in [0.15, 0.2) is 0 Å². The van der Waals surface area contributed by atoms with E-state index in [1.54, 1.807) is 30.3 Å². The molecule has 144 valence electrons. The predicted octanol–water partition coefficient (Wildman–Crippen LogP) is 2.31. The molecule has 0 saturated carbocycles. The molecular formula is C17H18FN3O4S2. The quantitative estimate of drug-likeness (QED) is 0.817. The third-order valence-electron chi connectivity index (χ3n) is 3.98. The van der Waals surface area contributed by atoms with Crippen molar-refractivity contribution in [2.45, 2.75) is 12.5 Å². The van der Waals surface area contributed by atoms with E-state index in [0.29, 0.717) is 17.0 Å². The molecule has 0 amide bonds. The first-order valence-corrected chi connectivity index (χ1v) is 11.7. The van der Waals surface area contributed by atoms with E-state index in [-0.39, 0.29) is 12.0 Å². The molecule has 0 radical (unpaired) electrons. The Labute approximate surface area is 157 Å². The number of hydrazone groups is 1. The van der Waals surface area contributed by atoms with Gasteiger partial charge in [-0.2, -0.15) is 9.52 Å². The van der Waals surface area contributed by atoms with Gasteiger partial charge >= 0.3 is 0 Å². The smallest absolute Gasteiger partial charge is 0.247 e. The van der Waals surface area contributed by atoms with Crippen LogP contribution in [-0.2, 0) is 20.0 Å². The standard InChI is InChI=1S/C17H18FN3O4S2/c1-26(22,23)20-13-7-5-6-12(10-13)16-11-17(21(19-16)27(2,24)25)14-8-3-4-9-15(14)18/h3-10,17,20H,11H2,1-2H3/t17-/m0/s1. The molecule has 1 aliphatic heterocycles. The zero-order valence-electron chi connectivity index (χ0n) is 14.6. The first-order valence-electron chi connectivity index (χ1n) is 7.94. The summed E-state index contributed by atoms with van der Waals surface area (Å²) in [5.74, 6) is -0.514. The molecule has 0 aromatic heterocycles. The number of hydrogen-bond acceptors (Lipinski definition) is 5. The highest BCUT2D eigenvalue weighted by Gasteiger charge is 2.35. The number of sulfonamides is 2. The first-order chi connectivity index (χ1) is 12.5. The van der Waals surface area contributed by atoms with Gasteiger partial charge in [0.05, 0.1) is 24.3 Å². The van der Waals surface area contributed by atoms with E-state index in [0.717, 1.165) is 16.9 Å². The van der Waals surface area contributed by atoms with Gasteiger partial charge in [0.25, 0.3) is 0 Å². The molecule has 0 fully saturated rings. The van der Waals surface area contributed by atoms with Crippen molar-refractivity contribution in [3.8, 4) is 0 Å². The van der Waals surface area contributed by atoms with E-state index in [1.807, 2.05) is 0 Å². The molecule has 0 spiro atoms. The van der Waals surface area contributed by atoms with E-state index in [9.17, 15) is 21.2 Å². The SMILES string of the molecule is CS(=O)(=O)Nc1cccc(C2=NN(S(C)(=O)=O)[C@H](c3ccccc3F)C2)c1. The van der Waals surface area contributed by atoms with Gasteiger partial charge in [-0.3, -0.25) is 4.72 Å². The van der Waals surface area contributed by atoms with E-state index >= 15 is 0 Å². The Morgan fingerprint density at radius 3 is 2.41 bits per heavy atom. The summed E-state index contributed by atoms with van der Waals surface area (Å²) in [7, 11) is -7.19. The van der Waals surface area contributed by atoms with Crippen LogP contribution in [0.5, 0.6) is 0 Å². The van der Waals surface area contributed by atoms with Crippen LogP contribution in [0.15, 0.2) is 53.6 Å². The Balaban J connectivity index is 2.00. The maximum absolute atomic E-state index is 14.2. The highest BCUT2D eigenvalue weighted by molar-refractivity contribution is 7.92. The van der Waals surface area contributed by atoms with Crippen molar-refractivity contribution in [2.24, 2.45) is 5.10 Å². The lowest BCUT2D eigenvalue weighted by atomic mass is 9.98. The minimum atomic E-state index is -3.73. The molecule has 0 saturated heterocycles. The Bertz CT molecular complexity index is 1110. The van der Waals surface area contributed by atoms with Crippen LogP contribution >= 0.6 is 0 Å². The summed E-state index contributed by atoms with van der Waals surface area (Å²) in [4.78, 5) is 0. The van der Waals surface area contributed by atoms with Crippen molar-refractivity contribution in [3.63, 3.8) is 0 Å². The summed E-state index contributed by atoms with van der Waals surface area (Å²) in [6, 6.07) is 11.6. The van der Waals surface area contributed by atoms with Crippen LogP contribution in [0.1, 0.15) is 23.6 Å². The first kappa shape index (κ1) is 19.3. The average Bonchev–Trinajstić information content (AvgIpc) is 2.99. The third kappa shape index (κ3) is 4.45. The molecule has 10 heteroatoms. The Kier molecular flexibility index (Phi) is 4.96. The van der Waals surface area contributed by atoms with Crippen molar-refractivity contribution >= 4 is 31.4 Å². The number of halogens is 1. The summed E-state index contributed by atoms with van der Waals surface area (Å²) >= 11 is 0. The fraction of sp³-hybridized carbons (Fsp3) is 0.235. The number of nitrogens with zero attached hydrogens (tertiary/aromatic N) is 2. The molecule has 27 heavy (non-hydrogen) atoms. The molecule has 2 aromatic rings. The summed E-state index contributed by atoms with van der Waals surface area (Å²) in [6.45, 7) is 0. The lowest BCUT2D eigenvalue weighted by Crippen LogP contribution is -2.26. The van der Waals surface area contributed by atoms with Crippen molar-refractivity contribution in [3.05, 3.63) is 65.5 Å². The highest BCUT2D eigenvalue weighted by Crippen LogP contribution is 2.36.